The van der Waals surface area contributed by atoms with Gasteiger partial charge in [-0.15, -0.1) is 5.11 Å². The van der Waals surface area contributed by atoms with E-state index in [4.69, 9.17) is 30.9 Å². The zero-order valence-electron chi connectivity index (χ0n) is 17.7. The monoisotopic (exact) mass is 400 g/mol. The first kappa shape index (κ1) is 23.2. The summed E-state index contributed by atoms with van der Waals surface area (Å²) in [7, 11) is 1.52. The lowest BCUT2D eigenvalue weighted by Gasteiger charge is -2.33. The summed E-state index contributed by atoms with van der Waals surface area (Å²) in [6.45, 7) is 8.12. The molecule has 1 saturated heterocycles. The molecule has 1 atom stereocenters. The Bertz CT molecular complexity index is 768. The van der Waals surface area contributed by atoms with Gasteiger partial charge < -0.3 is 19.9 Å². The van der Waals surface area contributed by atoms with Crippen molar-refractivity contribution in [3.8, 4) is 11.8 Å². The van der Waals surface area contributed by atoms with Gasteiger partial charge in [-0.3, -0.25) is 5.41 Å². The minimum absolute atomic E-state index is 0.0992. The Morgan fingerprint density at radius 2 is 2.00 bits per heavy atom. The van der Waals surface area contributed by atoms with E-state index in [2.05, 4.69) is 30.8 Å². The fourth-order valence-corrected chi connectivity index (χ4v) is 2.72. The van der Waals surface area contributed by atoms with Crippen LogP contribution in [0, 0.1) is 41.0 Å². The molecule has 0 aromatic heterocycles. The summed E-state index contributed by atoms with van der Waals surface area (Å²) in [6.07, 6.45) is 1.64. The van der Waals surface area contributed by atoms with Crippen molar-refractivity contribution in [3.63, 3.8) is 0 Å². The third-order valence-electron chi connectivity index (χ3n) is 4.68. The smallest absolute Gasteiger partial charge is 0.176 e. The van der Waals surface area contributed by atoms with E-state index in [9.17, 15) is 0 Å². The van der Waals surface area contributed by atoms with E-state index >= 15 is 0 Å². The first-order valence-corrected chi connectivity index (χ1v) is 9.83. The Labute approximate surface area is 173 Å². The molecular weight excluding hydrogens is 368 g/mol. The highest BCUT2D eigenvalue weighted by Gasteiger charge is 2.27. The Hall–Kier alpha value is -2.11. The quantitative estimate of drug-likeness (QED) is 0.309. The number of amidine groups is 1. The predicted molar refractivity (Wildman–Crippen MR) is 112 cm³/mol. The Morgan fingerprint density at radius 1 is 1.34 bits per heavy atom. The number of nitrogens with two attached hydrogens (primary N) is 1. The van der Waals surface area contributed by atoms with Crippen LogP contribution in [-0.2, 0) is 14.2 Å². The highest BCUT2D eigenvalue weighted by atomic mass is 16.7. The van der Waals surface area contributed by atoms with Crippen molar-refractivity contribution >= 4 is 5.84 Å². The second-order valence-electron chi connectivity index (χ2n) is 8.18. The largest absolute Gasteiger partial charge is 0.369 e. The maximum absolute atomic E-state index is 7.66. The molecule has 158 valence electrons. The topological polar surface area (TPSA) is 114 Å². The number of benzene rings is 1. The Kier molecular flexibility index (Phi) is 8.47. The SMILES string of the molecule is CC1(C)COC(CN)OC1.COC(C(=N)N=N)c1cc(C#CC2CC2)ccc1C. The van der Waals surface area contributed by atoms with Crippen LogP contribution in [0.4, 0.5) is 0 Å². The molecule has 1 aromatic carbocycles. The van der Waals surface area contributed by atoms with E-state index in [-0.39, 0.29) is 17.5 Å². The number of hydrogen-bond donors (Lipinski definition) is 3. The molecule has 0 spiro atoms. The summed E-state index contributed by atoms with van der Waals surface area (Å²) in [5.74, 6) is 6.83. The maximum Gasteiger partial charge on any atom is 0.176 e. The molecule has 2 fully saturated rings. The van der Waals surface area contributed by atoms with Crippen molar-refractivity contribution in [1.82, 2.24) is 0 Å². The number of nitrogens with one attached hydrogen (secondary N) is 2. The fourth-order valence-electron chi connectivity index (χ4n) is 2.72. The van der Waals surface area contributed by atoms with Crippen LogP contribution in [0.25, 0.3) is 0 Å². The summed E-state index contributed by atoms with van der Waals surface area (Å²) < 4.78 is 15.9. The summed E-state index contributed by atoms with van der Waals surface area (Å²) in [6, 6.07) is 5.87. The van der Waals surface area contributed by atoms with Crippen molar-refractivity contribution < 1.29 is 14.2 Å². The summed E-state index contributed by atoms with van der Waals surface area (Å²) in [5.41, 5.74) is 15.2. The highest BCUT2D eigenvalue weighted by Crippen LogP contribution is 2.28. The lowest BCUT2D eigenvalue weighted by Crippen LogP contribution is -2.41. The van der Waals surface area contributed by atoms with Gasteiger partial charge in [0.05, 0.1) is 13.2 Å². The van der Waals surface area contributed by atoms with Crippen molar-refractivity contribution in [2.75, 3.05) is 26.9 Å². The number of ether oxygens (including phenoxy) is 3. The molecule has 29 heavy (non-hydrogen) atoms. The van der Waals surface area contributed by atoms with E-state index in [0.29, 0.717) is 12.5 Å². The van der Waals surface area contributed by atoms with Crippen LogP contribution in [0.2, 0.25) is 0 Å². The number of methoxy groups -OCH3 is 1. The molecule has 1 heterocycles. The van der Waals surface area contributed by atoms with Crippen molar-refractivity contribution in [2.45, 2.75) is 46.0 Å². The highest BCUT2D eigenvalue weighted by molar-refractivity contribution is 5.85. The zero-order chi connectivity index (χ0) is 21.4. The van der Waals surface area contributed by atoms with Gasteiger partial charge in [0, 0.05) is 30.6 Å². The molecule has 4 N–H and O–H groups in total. The van der Waals surface area contributed by atoms with Gasteiger partial charge in [-0.05, 0) is 43.0 Å². The van der Waals surface area contributed by atoms with E-state index in [1.54, 1.807) is 0 Å². The first-order valence-electron chi connectivity index (χ1n) is 9.83. The molecule has 3 rings (SSSR count). The van der Waals surface area contributed by atoms with Gasteiger partial charge in [0.1, 0.15) is 6.10 Å². The molecule has 7 nitrogen and oxygen atoms in total. The number of nitrogens with zero attached hydrogens (tertiary/aromatic N) is 1. The average Bonchev–Trinajstić information content (AvgIpc) is 3.53. The fraction of sp³-hybridized carbons (Fsp3) is 0.591. The van der Waals surface area contributed by atoms with E-state index in [0.717, 1.165) is 29.9 Å². The summed E-state index contributed by atoms with van der Waals surface area (Å²) in [5, 5.41) is 10.8. The number of aryl methyl sites for hydroxylation is 1. The molecule has 1 aromatic rings. The minimum Gasteiger partial charge on any atom is -0.369 e. The van der Waals surface area contributed by atoms with Gasteiger partial charge >= 0.3 is 0 Å². The van der Waals surface area contributed by atoms with Gasteiger partial charge in [0.25, 0.3) is 0 Å². The molecule has 0 bridgehead atoms. The van der Waals surface area contributed by atoms with Crippen molar-refractivity contribution in [2.24, 2.45) is 22.2 Å². The summed E-state index contributed by atoms with van der Waals surface area (Å²) >= 11 is 0. The first-order chi connectivity index (χ1) is 13.8. The standard InChI is InChI=1S/C15H17N3O.C7H15NO2/c1-10-3-4-12(8-7-11-5-6-11)9-13(10)14(19-2)15(16)18-17;1-7(2)4-9-6(3-8)10-5-7/h3-4,9,11,14,16-17H,5-6H2,1-2H3;6H,3-5,8H2,1-2H3. The van der Waals surface area contributed by atoms with E-state index < -0.39 is 6.10 Å². The van der Waals surface area contributed by atoms with Crippen LogP contribution in [0.3, 0.4) is 0 Å². The molecule has 1 aliphatic carbocycles. The molecular formula is C22H32N4O3. The lowest BCUT2D eigenvalue weighted by molar-refractivity contribution is -0.215. The van der Waals surface area contributed by atoms with Crippen LogP contribution in [-0.4, -0.2) is 39.0 Å². The van der Waals surface area contributed by atoms with Gasteiger partial charge in [0.2, 0.25) is 0 Å². The van der Waals surface area contributed by atoms with E-state index in [1.807, 2.05) is 25.1 Å². The maximum atomic E-state index is 7.66. The van der Waals surface area contributed by atoms with Crippen molar-refractivity contribution in [1.29, 1.82) is 10.9 Å². The molecule has 1 saturated carbocycles. The number of rotatable bonds is 4. The predicted octanol–water partition coefficient (Wildman–Crippen LogP) is 3.80. The van der Waals surface area contributed by atoms with Crippen LogP contribution in [0.1, 0.15) is 49.5 Å². The normalized spacial score (nSPS) is 19.2. The molecule has 2 aliphatic rings. The third kappa shape index (κ3) is 7.33. The van der Waals surface area contributed by atoms with Crippen molar-refractivity contribution in [3.05, 3.63) is 34.9 Å². The van der Waals surface area contributed by atoms with Crippen LogP contribution in [0.15, 0.2) is 23.3 Å². The Morgan fingerprint density at radius 3 is 2.52 bits per heavy atom. The van der Waals surface area contributed by atoms with Gasteiger partial charge in [-0.25, -0.2) is 5.53 Å². The van der Waals surface area contributed by atoms with Gasteiger partial charge in [-0.1, -0.05) is 31.8 Å². The van der Waals surface area contributed by atoms with Crippen LogP contribution >= 0.6 is 0 Å². The van der Waals surface area contributed by atoms with Crippen LogP contribution < -0.4 is 5.73 Å². The van der Waals surface area contributed by atoms with Gasteiger partial charge in [-0.2, -0.15) is 0 Å². The molecule has 1 aliphatic heterocycles. The second kappa shape index (κ2) is 10.6. The van der Waals surface area contributed by atoms with Gasteiger partial charge in [0.15, 0.2) is 12.1 Å². The molecule has 0 amide bonds. The molecule has 0 radical (unpaired) electrons. The number of hydrogen-bond acceptors (Lipinski definition) is 6. The lowest BCUT2D eigenvalue weighted by atomic mass is 9.96. The Balaban J connectivity index is 0.000000253. The second-order valence-corrected chi connectivity index (χ2v) is 8.18. The molecule has 7 heteroatoms. The molecule has 1 unspecified atom stereocenters. The zero-order valence-corrected chi connectivity index (χ0v) is 17.7. The van der Waals surface area contributed by atoms with E-state index in [1.165, 1.54) is 20.0 Å². The summed E-state index contributed by atoms with van der Waals surface area (Å²) in [4.78, 5) is 0. The van der Waals surface area contributed by atoms with Crippen LogP contribution in [0.5, 0.6) is 0 Å². The minimum atomic E-state index is -0.597. The third-order valence-corrected chi connectivity index (χ3v) is 4.68. The average molecular weight is 401 g/mol.